The summed E-state index contributed by atoms with van der Waals surface area (Å²) >= 11 is 4.79. The monoisotopic (exact) mass is 399 g/mol. The molecule has 0 fully saturated rings. The van der Waals surface area contributed by atoms with Gasteiger partial charge in [0.15, 0.2) is 0 Å². The van der Waals surface area contributed by atoms with Gasteiger partial charge in [-0.2, -0.15) is 0 Å². The van der Waals surface area contributed by atoms with E-state index in [1.54, 1.807) is 0 Å². The summed E-state index contributed by atoms with van der Waals surface area (Å²) in [6.45, 7) is 0. The summed E-state index contributed by atoms with van der Waals surface area (Å²) in [5, 5.41) is 0. The Labute approximate surface area is 106 Å². The molecule has 70 valence electrons. The van der Waals surface area contributed by atoms with Gasteiger partial charge >= 0.3 is 0 Å². The molecule has 0 aliphatic heterocycles. The molecule has 1 aromatic carbocycles. The average Bonchev–Trinajstić information content (AvgIpc) is 2.12. The Bertz CT molecular complexity index is 336. The normalized spacial score (nSPS) is 21.3. The van der Waals surface area contributed by atoms with E-state index in [-0.39, 0.29) is 6.04 Å². The van der Waals surface area contributed by atoms with Gasteiger partial charge in [-0.25, -0.2) is 0 Å². The van der Waals surface area contributed by atoms with Crippen molar-refractivity contribution in [2.24, 2.45) is 5.73 Å². The Hall–Kier alpha value is 0.640. The third-order valence-corrected chi connectivity index (χ3v) is 5.65. The molecule has 1 nitrogen and oxygen atoms in total. The van der Waals surface area contributed by atoms with Gasteiger partial charge in [-0.3, -0.25) is 0 Å². The average molecular weight is 399 g/mol. The molecule has 0 radical (unpaired) electrons. The molecule has 1 aliphatic carbocycles. The fraction of sp³-hybridized carbons (Fsp3) is 0.400. The number of nitrogens with two attached hydrogens (primary N) is 1. The van der Waals surface area contributed by atoms with Crippen LogP contribution in [0.2, 0.25) is 0 Å². The van der Waals surface area contributed by atoms with Crippen LogP contribution in [0, 0.1) is 7.14 Å². The van der Waals surface area contributed by atoms with Crippen LogP contribution in [-0.4, -0.2) is 0 Å². The maximum Gasteiger partial charge on any atom is 0.0314 e. The number of aryl methyl sites for hydroxylation is 1. The van der Waals surface area contributed by atoms with E-state index in [1.807, 2.05) is 0 Å². The van der Waals surface area contributed by atoms with Gasteiger partial charge in [0, 0.05) is 13.2 Å². The van der Waals surface area contributed by atoms with Crippen LogP contribution in [0.1, 0.15) is 30.0 Å². The number of hydrogen-bond acceptors (Lipinski definition) is 1. The van der Waals surface area contributed by atoms with Gasteiger partial charge in [-0.05, 0) is 81.6 Å². The van der Waals surface area contributed by atoms with Gasteiger partial charge in [0.2, 0.25) is 0 Å². The van der Waals surface area contributed by atoms with E-state index in [0.29, 0.717) is 0 Å². The second-order valence-electron chi connectivity index (χ2n) is 3.43. The summed E-state index contributed by atoms with van der Waals surface area (Å²) in [5.41, 5.74) is 8.97. The smallest absolute Gasteiger partial charge is 0.0314 e. The van der Waals surface area contributed by atoms with Crippen molar-refractivity contribution in [2.45, 2.75) is 25.3 Å². The molecular weight excluding hydrogens is 388 g/mol. The molecule has 0 amide bonds. The van der Waals surface area contributed by atoms with Crippen LogP contribution in [0.5, 0.6) is 0 Å². The van der Waals surface area contributed by atoms with E-state index in [4.69, 9.17) is 5.73 Å². The Kier molecular flexibility index (Phi) is 3.14. The molecule has 0 saturated heterocycles. The van der Waals surface area contributed by atoms with Crippen LogP contribution in [0.15, 0.2) is 12.1 Å². The Morgan fingerprint density at radius 3 is 2.85 bits per heavy atom. The molecule has 3 heteroatoms. The largest absolute Gasteiger partial charge is 0.324 e. The number of benzene rings is 1. The fourth-order valence-corrected chi connectivity index (χ4v) is 3.28. The quantitative estimate of drug-likeness (QED) is 0.667. The highest BCUT2D eigenvalue weighted by Gasteiger charge is 2.20. The Morgan fingerprint density at radius 2 is 2.08 bits per heavy atom. The van der Waals surface area contributed by atoms with Crippen molar-refractivity contribution in [3.05, 3.63) is 30.4 Å². The highest BCUT2D eigenvalue weighted by Crippen LogP contribution is 2.33. The third-order valence-electron chi connectivity index (χ3n) is 2.55. The third kappa shape index (κ3) is 1.87. The number of fused-ring (bicyclic) bond motifs is 1. The Balaban J connectivity index is 2.58. The molecule has 0 unspecified atom stereocenters. The zero-order valence-corrected chi connectivity index (χ0v) is 11.5. The van der Waals surface area contributed by atoms with E-state index in [1.165, 1.54) is 31.1 Å². The minimum Gasteiger partial charge on any atom is -0.324 e. The SMILES string of the molecule is N[C@@H]1CCCc2ccc(I)c(I)c21. The summed E-state index contributed by atoms with van der Waals surface area (Å²) in [7, 11) is 0. The van der Waals surface area contributed by atoms with Crippen molar-refractivity contribution in [3.8, 4) is 0 Å². The fourth-order valence-electron chi connectivity index (χ4n) is 1.88. The standard InChI is InChI=1S/C10H11I2N/c11-7-5-4-6-2-1-3-8(13)9(6)10(7)12/h4-5,8H,1-3,13H2/t8-/m1/s1. The van der Waals surface area contributed by atoms with Crippen LogP contribution in [-0.2, 0) is 6.42 Å². The van der Waals surface area contributed by atoms with Gasteiger partial charge in [0.1, 0.15) is 0 Å². The number of rotatable bonds is 0. The van der Waals surface area contributed by atoms with Crippen LogP contribution >= 0.6 is 45.2 Å². The van der Waals surface area contributed by atoms with E-state index in [0.717, 1.165) is 6.42 Å². The first-order valence-corrected chi connectivity index (χ1v) is 6.58. The zero-order chi connectivity index (χ0) is 9.42. The molecule has 13 heavy (non-hydrogen) atoms. The number of hydrogen-bond donors (Lipinski definition) is 1. The van der Waals surface area contributed by atoms with Crippen molar-refractivity contribution in [2.75, 3.05) is 0 Å². The second-order valence-corrected chi connectivity index (χ2v) is 5.67. The van der Waals surface area contributed by atoms with Crippen molar-refractivity contribution in [3.63, 3.8) is 0 Å². The lowest BCUT2D eigenvalue weighted by Crippen LogP contribution is -2.19. The first-order valence-electron chi connectivity index (χ1n) is 4.42. The summed E-state index contributed by atoms with van der Waals surface area (Å²) in [6.07, 6.45) is 3.59. The predicted molar refractivity (Wildman–Crippen MR) is 71.7 cm³/mol. The van der Waals surface area contributed by atoms with Crippen LogP contribution in [0.3, 0.4) is 0 Å². The zero-order valence-electron chi connectivity index (χ0n) is 7.19. The molecule has 2 rings (SSSR count). The van der Waals surface area contributed by atoms with Crippen LogP contribution < -0.4 is 5.73 Å². The molecule has 0 spiro atoms. The van der Waals surface area contributed by atoms with E-state index in [9.17, 15) is 0 Å². The molecule has 1 aromatic rings. The highest BCUT2D eigenvalue weighted by molar-refractivity contribution is 14.1. The van der Waals surface area contributed by atoms with Crippen molar-refractivity contribution < 1.29 is 0 Å². The predicted octanol–water partition coefficient (Wildman–Crippen LogP) is 3.23. The van der Waals surface area contributed by atoms with Crippen molar-refractivity contribution in [1.29, 1.82) is 0 Å². The van der Waals surface area contributed by atoms with E-state index >= 15 is 0 Å². The first-order chi connectivity index (χ1) is 6.20. The van der Waals surface area contributed by atoms with E-state index in [2.05, 4.69) is 57.3 Å². The topological polar surface area (TPSA) is 26.0 Å². The summed E-state index contributed by atoms with van der Waals surface area (Å²) in [4.78, 5) is 0. The molecule has 1 aliphatic rings. The molecule has 0 aromatic heterocycles. The molecule has 2 N–H and O–H groups in total. The van der Waals surface area contributed by atoms with Crippen molar-refractivity contribution in [1.82, 2.24) is 0 Å². The van der Waals surface area contributed by atoms with Crippen LogP contribution in [0.4, 0.5) is 0 Å². The second kappa shape index (κ2) is 4.02. The molecule has 0 heterocycles. The minimum absolute atomic E-state index is 0.269. The molecule has 1 atom stereocenters. The highest BCUT2D eigenvalue weighted by atomic mass is 127. The summed E-state index contributed by atoms with van der Waals surface area (Å²) < 4.78 is 2.69. The van der Waals surface area contributed by atoms with Gasteiger partial charge in [-0.1, -0.05) is 6.07 Å². The van der Waals surface area contributed by atoms with Gasteiger partial charge in [0.05, 0.1) is 0 Å². The lowest BCUT2D eigenvalue weighted by Gasteiger charge is -2.24. The van der Waals surface area contributed by atoms with Gasteiger partial charge in [0.25, 0.3) is 0 Å². The maximum absolute atomic E-state index is 6.11. The lowest BCUT2D eigenvalue weighted by atomic mass is 9.88. The van der Waals surface area contributed by atoms with Crippen LogP contribution in [0.25, 0.3) is 0 Å². The summed E-state index contributed by atoms with van der Waals surface area (Å²) in [6, 6.07) is 4.70. The molecule has 0 bridgehead atoms. The van der Waals surface area contributed by atoms with E-state index < -0.39 is 0 Å². The van der Waals surface area contributed by atoms with Gasteiger partial charge in [-0.15, -0.1) is 0 Å². The lowest BCUT2D eigenvalue weighted by molar-refractivity contribution is 0.567. The summed E-state index contributed by atoms with van der Waals surface area (Å²) in [5.74, 6) is 0. The van der Waals surface area contributed by atoms with Gasteiger partial charge < -0.3 is 5.73 Å². The first kappa shape index (κ1) is 10.2. The minimum atomic E-state index is 0.269. The molecular formula is C10H11I2N. The number of halogens is 2. The van der Waals surface area contributed by atoms with Crippen molar-refractivity contribution >= 4 is 45.2 Å². The Morgan fingerprint density at radius 1 is 1.31 bits per heavy atom. The maximum atomic E-state index is 6.11. The molecule has 0 saturated carbocycles.